The van der Waals surface area contributed by atoms with Gasteiger partial charge >= 0.3 is 0 Å². The van der Waals surface area contributed by atoms with Gasteiger partial charge in [0, 0.05) is 18.8 Å². The van der Waals surface area contributed by atoms with E-state index in [0.717, 1.165) is 24.7 Å². The van der Waals surface area contributed by atoms with Crippen LogP contribution in [0.15, 0.2) is 18.2 Å². The molecule has 0 bridgehead atoms. The molecule has 1 aliphatic carbocycles. The van der Waals surface area contributed by atoms with E-state index < -0.39 is 0 Å². The van der Waals surface area contributed by atoms with Gasteiger partial charge < -0.3 is 5.73 Å². The summed E-state index contributed by atoms with van der Waals surface area (Å²) in [6.07, 6.45) is 7.24. The van der Waals surface area contributed by atoms with E-state index in [2.05, 4.69) is 17.0 Å². The van der Waals surface area contributed by atoms with Crippen molar-refractivity contribution in [3.8, 4) is 0 Å². The van der Waals surface area contributed by atoms with Crippen molar-refractivity contribution < 1.29 is 0 Å². The quantitative estimate of drug-likeness (QED) is 0.808. The summed E-state index contributed by atoms with van der Waals surface area (Å²) in [5.41, 5.74) is 9.65. The Morgan fingerprint density at radius 1 is 1.12 bits per heavy atom. The second kappa shape index (κ2) is 4.69. The zero-order chi connectivity index (χ0) is 11.7. The monoisotopic (exact) mass is 230 g/mol. The fraction of sp³-hybridized carbons (Fsp3) is 0.600. The van der Waals surface area contributed by atoms with Crippen LogP contribution in [0.4, 0.5) is 5.69 Å². The first kappa shape index (κ1) is 11.1. The molecule has 1 aromatic rings. The van der Waals surface area contributed by atoms with Crippen molar-refractivity contribution in [2.24, 2.45) is 5.92 Å². The summed E-state index contributed by atoms with van der Waals surface area (Å²) < 4.78 is 0. The van der Waals surface area contributed by atoms with E-state index in [1.165, 1.54) is 49.8 Å². The van der Waals surface area contributed by atoms with Gasteiger partial charge in [-0.2, -0.15) is 0 Å². The Labute approximate surface area is 104 Å². The molecule has 0 amide bonds. The highest BCUT2D eigenvalue weighted by Gasteiger charge is 2.21. The summed E-state index contributed by atoms with van der Waals surface area (Å²) in [5.74, 6) is 1.00. The van der Waals surface area contributed by atoms with Crippen molar-refractivity contribution in [3.05, 3.63) is 29.3 Å². The maximum Gasteiger partial charge on any atom is 0.0317 e. The van der Waals surface area contributed by atoms with Crippen LogP contribution in [0.1, 0.15) is 43.2 Å². The van der Waals surface area contributed by atoms with Gasteiger partial charge in [-0.25, -0.2) is 0 Å². The molecule has 1 heterocycles. The zero-order valence-electron chi connectivity index (χ0n) is 10.5. The molecule has 92 valence electrons. The lowest BCUT2D eigenvalue weighted by Crippen LogP contribution is -2.19. The summed E-state index contributed by atoms with van der Waals surface area (Å²) in [5, 5.41) is 0. The first-order chi connectivity index (χ1) is 8.31. The largest absolute Gasteiger partial charge is 0.399 e. The molecule has 1 aliphatic heterocycles. The van der Waals surface area contributed by atoms with Crippen LogP contribution >= 0.6 is 0 Å². The third kappa shape index (κ3) is 2.47. The Kier molecular flexibility index (Phi) is 3.06. The second-order valence-corrected chi connectivity index (χ2v) is 5.68. The van der Waals surface area contributed by atoms with Gasteiger partial charge in [0.2, 0.25) is 0 Å². The van der Waals surface area contributed by atoms with Gasteiger partial charge in [-0.3, -0.25) is 4.90 Å². The molecule has 2 nitrogen and oxygen atoms in total. The van der Waals surface area contributed by atoms with Crippen LogP contribution in [0.2, 0.25) is 0 Å². The predicted molar refractivity (Wildman–Crippen MR) is 71.5 cm³/mol. The van der Waals surface area contributed by atoms with Gasteiger partial charge in [0.25, 0.3) is 0 Å². The standard InChI is InChI=1S/C15H22N2/c16-15-6-5-13-10-17(11-14(13)9-15)8-7-12-3-1-2-4-12/h5-6,9,12H,1-4,7-8,10-11,16H2. The van der Waals surface area contributed by atoms with Crippen LogP contribution in [-0.2, 0) is 13.1 Å². The molecule has 1 fully saturated rings. The maximum atomic E-state index is 5.83. The van der Waals surface area contributed by atoms with Crippen LogP contribution in [0, 0.1) is 5.92 Å². The highest BCUT2D eigenvalue weighted by molar-refractivity contribution is 5.46. The minimum absolute atomic E-state index is 0.904. The van der Waals surface area contributed by atoms with E-state index >= 15 is 0 Å². The topological polar surface area (TPSA) is 29.3 Å². The lowest BCUT2D eigenvalue weighted by atomic mass is 10.0. The first-order valence-electron chi connectivity index (χ1n) is 6.91. The van der Waals surface area contributed by atoms with Crippen molar-refractivity contribution in [1.82, 2.24) is 4.90 Å². The van der Waals surface area contributed by atoms with Gasteiger partial charge in [-0.05, 0) is 42.1 Å². The van der Waals surface area contributed by atoms with Crippen LogP contribution < -0.4 is 5.73 Å². The first-order valence-corrected chi connectivity index (χ1v) is 6.91. The Morgan fingerprint density at radius 3 is 2.71 bits per heavy atom. The lowest BCUT2D eigenvalue weighted by molar-refractivity contribution is 0.259. The number of nitrogens with two attached hydrogens (primary N) is 1. The minimum Gasteiger partial charge on any atom is -0.399 e. The summed E-state index contributed by atoms with van der Waals surface area (Å²) in [7, 11) is 0. The van der Waals surface area contributed by atoms with E-state index in [0.29, 0.717) is 0 Å². The minimum atomic E-state index is 0.904. The molecule has 2 heteroatoms. The van der Waals surface area contributed by atoms with Gasteiger partial charge in [0.05, 0.1) is 0 Å². The zero-order valence-corrected chi connectivity index (χ0v) is 10.5. The maximum absolute atomic E-state index is 5.83. The molecule has 0 radical (unpaired) electrons. The molecule has 0 saturated heterocycles. The van der Waals surface area contributed by atoms with Crippen molar-refractivity contribution in [2.45, 2.75) is 45.2 Å². The second-order valence-electron chi connectivity index (χ2n) is 5.68. The van der Waals surface area contributed by atoms with E-state index in [-0.39, 0.29) is 0 Å². The average molecular weight is 230 g/mol. The molecule has 0 spiro atoms. The van der Waals surface area contributed by atoms with Crippen molar-refractivity contribution in [1.29, 1.82) is 0 Å². The Balaban J connectivity index is 1.55. The van der Waals surface area contributed by atoms with E-state index in [9.17, 15) is 0 Å². The van der Waals surface area contributed by atoms with Gasteiger partial charge in [0.1, 0.15) is 0 Å². The molecule has 0 unspecified atom stereocenters. The van der Waals surface area contributed by atoms with Crippen molar-refractivity contribution >= 4 is 5.69 Å². The van der Waals surface area contributed by atoms with Gasteiger partial charge in [-0.15, -0.1) is 0 Å². The van der Waals surface area contributed by atoms with Crippen LogP contribution in [-0.4, -0.2) is 11.4 Å². The number of anilines is 1. The van der Waals surface area contributed by atoms with Crippen molar-refractivity contribution in [2.75, 3.05) is 12.3 Å². The fourth-order valence-electron chi connectivity index (χ4n) is 3.31. The number of fused-ring (bicyclic) bond motifs is 1. The normalized spacial score (nSPS) is 20.9. The van der Waals surface area contributed by atoms with E-state index in [4.69, 9.17) is 5.73 Å². The molecule has 0 atom stereocenters. The highest BCUT2D eigenvalue weighted by atomic mass is 15.1. The highest BCUT2D eigenvalue weighted by Crippen LogP contribution is 2.30. The van der Waals surface area contributed by atoms with Crippen LogP contribution in [0.3, 0.4) is 0 Å². The number of hydrogen-bond donors (Lipinski definition) is 1. The number of nitrogens with zero attached hydrogens (tertiary/aromatic N) is 1. The fourth-order valence-corrected chi connectivity index (χ4v) is 3.31. The summed E-state index contributed by atoms with van der Waals surface area (Å²) in [6, 6.07) is 6.37. The van der Waals surface area contributed by atoms with Gasteiger partial charge in [-0.1, -0.05) is 31.7 Å². The number of benzene rings is 1. The molecule has 0 aromatic heterocycles. The molecule has 1 aromatic carbocycles. The molecular weight excluding hydrogens is 208 g/mol. The summed E-state index contributed by atoms with van der Waals surface area (Å²) in [6.45, 7) is 3.49. The average Bonchev–Trinajstić information content (AvgIpc) is 2.94. The lowest BCUT2D eigenvalue weighted by Gasteiger charge is -2.17. The Morgan fingerprint density at radius 2 is 1.88 bits per heavy atom. The third-order valence-electron chi connectivity index (χ3n) is 4.35. The Hall–Kier alpha value is -1.02. The number of rotatable bonds is 3. The van der Waals surface area contributed by atoms with E-state index in [1.54, 1.807) is 0 Å². The SMILES string of the molecule is Nc1ccc2c(c1)CN(CCC1CCCC1)C2. The molecule has 17 heavy (non-hydrogen) atoms. The van der Waals surface area contributed by atoms with Crippen molar-refractivity contribution in [3.63, 3.8) is 0 Å². The van der Waals surface area contributed by atoms with Crippen LogP contribution in [0.5, 0.6) is 0 Å². The summed E-state index contributed by atoms with van der Waals surface area (Å²) >= 11 is 0. The molecule has 3 rings (SSSR count). The predicted octanol–water partition coefficient (Wildman–Crippen LogP) is 3.16. The molecule has 2 aliphatic rings. The van der Waals surface area contributed by atoms with Gasteiger partial charge in [0.15, 0.2) is 0 Å². The summed E-state index contributed by atoms with van der Waals surface area (Å²) in [4.78, 5) is 2.57. The number of nitrogen functional groups attached to an aromatic ring is 1. The smallest absolute Gasteiger partial charge is 0.0317 e. The third-order valence-corrected chi connectivity index (χ3v) is 4.35. The molecule has 1 saturated carbocycles. The van der Waals surface area contributed by atoms with Crippen LogP contribution in [0.25, 0.3) is 0 Å². The molecular formula is C15H22N2. The number of hydrogen-bond acceptors (Lipinski definition) is 2. The Bertz CT molecular complexity index is 394. The molecule has 2 N–H and O–H groups in total. The van der Waals surface area contributed by atoms with E-state index in [1.807, 2.05) is 6.07 Å².